The van der Waals surface area contributed by atoms with Crippen molar-refractivity contribution in [2.45, 2.75) is 58.0 Å². The van der Waals surface area contributed by atoms with Crippen LogP contribution in [0.5, 0.6) is 0 Å². The molecule has 0 saturated carbocycles. The van der Waals surface area contributed by atoms with Crippen molar-refractivity contribution in [1.29, 1.82) is 0 Å². The summed E-state index contributed by atoms with van der Waals surface area (Å²) < 4.78 is 5.69. The highest BCUT2D eigenvalue weighted by molar-refractivity contribution is 5.28. The van der Waals surface area contributed by atoms with Crippen LogP contribution in [0.15, 0.2) is 24.3 Å². The largest absolute Gasteiger partial charge is 0.378 e. The van der Waals surface area contributed by atoms with Crippen molar-refractivity contribution in [1.82, 2.24) is 5.32 Å². The van der Waals surface area contributed by atoms with E-state index in [0.717, 1.165) is 19.6 Å². The molecule has 1 aliphatic rings. The Bertz CT molecular complexity index is 414. The average molecular weight is 261 g/mol. The van der Waals surface area contributed by atoms with Gasteiger partial charge in [0.15, 0.2) is 0 Å². The second-order valence-electron chi connectivity index (χ2n) is 7.39. The Balaban J connectivity index is 2.00. The Kier molecular flexibility index (Phi) is 4.03. The molecule has 0 spiro atoms. The van der Waals surface area contributed by atoms with Gasteiger partial charge in [0.25, 0.3) is 0 Å². The number of morpholine rings is 1. The fraction of sp³-hybridized carbons (Fsp3) is 0.647. The van der Waals surface area contributed by atoms with E-state index in [0.29, 0.717) is 6.04 Å². The summed E-state index contributed by atoms with van der Waals surface area (Å²) in [7, 11) is 0. The maximum Gasteiger partial charge on any atom is 0.0643 e. The summed E-state index contributed by atoms with van der Waals surface area (Å²) in [5, 5.41) is 3.66. The maximum atomic E-state index is 5.69. The number of benzene rings is 1. The Hall–Kier alpha value is -0.860. The van der Waals surface area contributed by atoms with Crippen LogP contribution in [0, 0.1) is 0 Å². The molecule has 19 heavy (non-hydrogen) atoms. The van der Waals surface area contributed by atoms with Gasteiger partial charge in [-0.3, -0.25) is 0 Å². The van der Waals surface area contributed by atoms with Crippen LogP contribution in [-0.4, -0.2) is 24.8 Å². The van der Waals surface area contributed by atoms with E-state index >= 15 is 0 Å². The number of hydrogen-bond acceptors (Lipinski definition) is 2. The third-order valence-electron chi connectivity index (χ3n) is 3.68. The highest BCUT2D eigenvalue weighted by Crippen LogP contribution is 2.23. The van der Waals surface area contributed by atoms with Crippen LogP contribution >= 0.6 is 0 Å². The van der Waals surface area contributed by atoms with E-state index in [1.165, 1.54) is 11.1 Å². The highest BCUT2D eigenvalue weighted by Gasteiger charge is 2.27. The standard InChI is InChI=1S/C17H27NO/c1-16(2,3)14-8-6-13(7-9-14)10-15-11-19-12-17(4,5)18-15/h6-9,15,18H,10-12H2,1-5H3. The molecule has 1 N–H and O–H groups in total. The fourth-order valence-electron chi connectivity index (χ4n) is 2.63. The summed E-state index contributed by atoms with van der Waals surface area (Å²) in [6.45, 7) is 12.8. The van der Waals surface area contributed by atoms with E-state index < -0.39 is 0 Å². The minimum atomic E-state index is 0.0915. The summed E-state index contributed by atoms with van der Waals surface area (Å²) in [6, 6.07) is 9.44. The molecule has 1 aliphatic heterocycles. The summed E-state index contributed by atoms with van der Waals surface area (Å²) in [5.74, 6) is 0. The van der Waals surface area contributed by atoms with Gasteiger partial charge in [0.2, 0.25) is 0 Å². The zero-order chi connectivity index (χ0) is 14.1. The number of rotatable bonds is 2. The van der Waals surface area contributed by atoms with Gasteiger partial charge in [-0.25, -0.2) is 0 Å². The fourth-order valence-corrected chi connectivity index (χ4v) is 2.63. The first-order chi connectivity index (χ1) is 8.76. The van der Waals surface area contributed by atoms with Crippen LogP contribution < -0.4 is 5.32 Å². The van der Waals surface area contributed by atoms with Crippen LogP contribution in [0.3, 0.4) is 0 Å². The summed E-state index contributed by atoms with van der Waals surface area (Å²) in [4.78, 5) is 0. The van der Waals surface area contributed by atoms with Crippen LogP contribution in [0.1, 0.15) is 45.7 Å². The number of hydrogen-bond donors (Lipinski definition) is 1. The number of nitrogens with one attached hydrogen (secondary N) is 1. The molecule has 1 atom stereocenters. The SMILES string of the molecule is CC1(C)COCC(Cc2ccc(C(C)(C)C)cc2)N1. The molecule has 2 heteroatoms. The quantitative estimate of drug-likeness (QED) is 0.882. The second-order valence-corrected chi connectivity index (χ2v) is 7.39. The molecule has 0 bridgehead atoms. The van der Waals surface area contributed by atoms with Gasteiger partial charge in [0, 0.05) is 11.6 Å². The monoisotopic (exact) mass is 261 g/mol. The van der Waals surface area contributed by atoms with E-state index in [-0.39, 0.29) is 11.0 Å². The predicted octanol–water partition coefficient (Wildman–Crippen LogP) is 3.29. The Morgan fingerprint density at radius 2 is 1.84 bits per heavy atom. The van der Waals surface area contributed by atoms with Crippen molar-refractivity contribution in [3.05, 3.63) is 35.4 Å². The van der Waals surface area contributed by atoms with Crippen molar-refractivity contribution in [3.63, 3.8) is 0 Å². The third-order valence-corrected chi connectivity index (χ3v) is 3.68. The molecule has 1 saturated heterocycles. The molecule has 0 aliphatic carbocycles. The Morgan fingerprint density at radius 1 is 1.21 bits per heavy atom. The molecule has 1 unspecified atom stereocenters. The van der Waals surface area contributed by atoms with Gasteiger partial charge in [-0.15, -0.1) is 0 Å². The lowest BCUT2D eigenvalue weighted by atomic mass is 9.86. The molecule has 1 fully saturated rings. The Labute approximate surface area is 117 Å². The zero-order valence-corrected chi connectivity index (χ0v) is 12.9. The predicted molar refractivity (Wildman–Crippen MR) is 80.7 cm³/mol. The van der Waals surface area contributed by atoms with Crippen molar-refractivity contribution >= 4 is 0 Å². The van der Waals surface area contributed by atoms with E-state index in [9.17, 15) is 0 Å². The van der Waals surface area contributed by atoms with Crippen LogP contribution in [0.25, 0.3) is 0 Å². The second kappa shape index (κ2) is 5.26. The van der Waals surface area contributed by atoms with Gasteiger partial charge in [0.05, 0.1) is 13.2 Å². The lowest BCUT2D eigenvalue weighted by molar-refractivity contribution is 0.0135. The molecule has 106 valence electrons. The van der Waals surface area contributed by atoms with E-state index in [2.05, 4.69) is 64.2 Å². The molecule has 1 heterocycles. The van der Waals surface area contributed by atoms with Crippen LogP contribution in [0.2, 0.25) is 0 Å². The molecule has 0 aromatic heterocycles. The lowest BCUT2D eigenvalue weighted by Crippen LogP contribution is -2.56. The smallest absolute Gasteiger partial charge is 0.0643 e. The molecular weight excluding hydrogens is 234 g/mol. The first-order valence-corrected chi connectivity index (χ1v) is 7.21. The molecular formula is C17H27NO. The third kappa shape index (κ3) is 4.05. The molecule has 2 rings (SSSR count). The highest BCUT2D eigenvalue weighted by atomic mass is 16.5. The van der Waals surface area contributed by atoms with Gasteiger partial charge in [-0.1, -0.05) is 45.0 Å². The number of ether oxygens (including phenoxy) is 1. The van der Waals surface area contributed by atoms with Crippen molar-refractivity contribution in [2.75, 3.05) is 13.2 Å². The van der Waals surface area contributed by atoms with Crippen LogP contribution in [-0.2, 0) is 16.6 Å². The topological polar surface area (TPSA) is 21.3 Å². The van der Waals surface area contributed by atoms with Crippen molar-refractivity contribution in [2.24, 2.45) is 0 Å². The molecule has 0 amide bonds. The minimum Gasteiger partial charge on any atom is -0.378 e. The van der Waals surface area contributed by atoms with Gasteiger partial charge in [-0.2, -0.15) is 0 Å². The minimum absolute atomic E-state index is 0.0915. The van der Waals surface area contributed by atoms with Crippen LogP contribution in [0.4, 0.5) is 0 Å². The first kappa shape index (κ1) is 14.5. The molecule has 1 aromatic rings. The lowest BCUT2D eigenvalue weighted by Gasteiger charge is -2.37. The van der Waals surface area contributed by atoms with Gasteiger partial charge in [-0.05, 0) is 36.8 Å². The zero-order valence-electron chi connectivity index (χ0n) is 12.9. The normalized spacial score (nSPS) is 23.3. The van der Waals surface area contributed by atoms with Crippen molar-refractivity contribution in [3.8, 4) is 0 Å². The molecule has 0 radical (unpaired) electrons. The maximum absolute atomic E-state index is 5.69. The molecule has 2 nitrogen and oxygen atoms in total. The van der Waals surface area contributed by atoms with E-state index in [1.54, 1.807) is 0 Å². The van der Waals surface area contributed by atoms with E-state index in [1.807, 2.05) is 0 Å². The first-order valence-electron chi connectivity index (χ1n) is 7.21. The summed E-state index contributed by atoms with van der Waals surface area (Å²) >= 11 is 0. The summed E-state index contributed by atoms with van der Waals surface area (Å²) in [5.41, 5.74) is 3.09. The van der Waals surface area contributed by atoms with Gasteiger partial charge in [0.1, 0.15) is 0 Å². The Morgan fingerprint density at radius 3 is 2.37 bits per heavy atom. The van der Waals surface area contributed by atoms with Crippen molar-refractivity contribution < 1.29 is 4.74 Å². The van der Waals surface area contributed by atoms with E-state index in [4.69, 9.17) is 4.74 Å². The average Bonchev–Trinajstić information content (AvgIpc) is 2.27. The van der Waals surface area contributed by atoms with Gasteiger partial charge < -0.3 is 10.1 Å². The molecule has 1 aromatic carbocycles. The summed E-state index contributed by atoms with van der Waals surface area (Å²) in [6.07, 6.45) is 1.04. The van der Waals surface area contributed by atoms with Gasteiger partial charge >= 0.3 is 0 Å².